The standard InChI is InChI=1S/C15H16N4O2S/c1-2-3-8-13-16-17-15-19(13)18-14(22-15)12-9-20-10-6-4-5-7-11(10)21-12/h4-7,12H,2-3,8-9H2,1H3/t12-/m1/s1. The number of ether oxygens (including phenoxy) is 2. The Morgan fingerprint density at radius 1 is 1.27 bits per heavy atom. The van der Waals surface area contributed by atoms with Gasteiger partial charge in [0, 0.05) is 6.42 Å². The number of hydrogen-bond donors (Lipinski definition) is 0. The van der Waals surface area contributed by atoms with E-state index in [0.717, 1.165) is 46.6 Å². The molecule has 6 nitrogen and oxygen atoms in total. The van der Waals surface area contributed by atoms with Crippen molar-refractivity contribution in [2.75, 3.05) is 6.61 Å². The molecule has 0 fully saturated rings. The van der Waals surface area contributed by atoms with Gasteiger partial charge in [0.15, 0.2) is 28.4 Å². The number of para-hydroxylation sites is 2. The highest BCUT2D eigenvalue weighted by atomic mass is 32.1. The molecule has 0 amide bonds. The summed E-state index contributed by atoms with van der Waals surface area (Å²) in [5.41, 5.74) is 0. The summed E-state index contributed by atoms with van der Waals surface area (Å²) in [6.45, 7) is 2.63. The Labute approximate surface area is 131 Å². The number of fused-ring (bicyclic) bond motifs is 2. The molecule has 7 heteroatoms. The van der Waals surface area contributed by atoms with E-state index < -0.39 is 0 Å². The third kappa shape index (κ3) is 2.31. The highest BCUT2D eigenvalue weighted by Crippen LogP contribution is 2.36. The minimum Gasteiger partial charge on any atom is -0.485 e. The van der Waals surface area contributed by atoms with Gasteiger partial charge in [-0.05, 0) is 18.6 Å². The topological polar surface area (TPSA) is 61.5 Å². The molecule has 1 aromatic carbocycles. The van der Waals surface area contributed by atoms with E-state index in [1.54, 1.807) is 0 Å². The number of aryl methyl sites for hydroxylation is 1. The fourth-order valence-electron chi connectivity index (χ4n) is 2.43. The van der Waals surface area contributed by atoms with Crippen molar-refractivity contribution in [2.24, 2.45) is 0 Å². The Morgan fingerprint density at radius 2 is 2.14 bits per heavy atom. The van der Waals surface area contributed by atoms with Gasteiger partial charge in [-0.2, -0.15) is 9.61 Å². The predicted molar refractivity (Wildman–Crippen MR) is 82.6 cm³/mol. The van der Waals surface area contributed by atoms with Crippen LogP contribution in [0.15, 0.2) is 24.3 Å². The van der Waals surface area contributed by atoms with Gasteiger partial charge in [0.25, 0.3) is 0 Å². The lowest BCUT2D eigenvalue weighted by Crippen LogP contribution is -2.21. The van der Waals surface area contributed by atoms with Crippen LogP contribution in [0.2, 0.25) is 0 Å². The molecular formula is C15H16N4O2S. The molecule has 1 atom stereocenters. The van der Waals surface area contributed by atoms with Gasteiger partial charge in [-0.3, -0.25) is 0 Å². The zero-order valence-electron chi connectivity index (χ0n) is 12.2. The normalized spacial score (nSPS) is 17.0. The molecule has 4 rings (SSSR count). The van der Waals surface area contributed by atoms with Gasteiger partial charge >= 0.3 is 0 Å². The third-order valence-corrected chi connectivity index (χ3v) is 4.60. The maximum absolute atomic E-state index is 6.00. The van der Waals surface area contributed by atoms with Crippen molar-refractivity contribution in [2.45, 2.75) is 32.3 Å². The van der Waals surface area contributed by atoms with Crippen LogP contribution in [0, 0.1) is 0 Å². The summed E-state index contributed by atoms with van der Waals surface area (Å²) >= 11 is 1.51. The fourth-order valence-corrected chi connectivity index (χ4v) is 3.31. The van der Waals surface area contributed by atoms with Crippen LogP contribution in [0.5, 0.6) is 11.5 Å². The summed E-state index contributed by atoms with van der Waals surface area (Å²) in [6.07, 6.45) is 2.92. The summed E-state index contributed by atoms with van der Waals surface area (Å²) in [6, 6.07) is 7.69. The van der Waals surface area contributed by atoms with Crippen LogP contribution in [0.1, 0.15) is 36.7 Å². The highest BCUT2D eigenvalue weighted by molar-refractivity contribution is 7.16. The lowest BCUT2D eigenvalue weighted by molar-refractivity contribution is 0.0904. The van der Waals surface area contributed by atoms with Crippen molar-refractivity contribution < 1.29 is 9.47 Å². The molecule has 0 spiro atoms. The van der Waals surface area contributed by atoms with Crippen LogP contribution in [-0.2, 0) is 6.42 Å². The van der Waals surface area contributed by atoms with Crippen LogP contribution in [0.4, 0.5) is 0 Å². The molecule has 3 heterocycles. The van der Waals surface area contributed by atoms with Crippen LogP contribution in [0.25, 0.3) is 4.96 Å². The average Bonchev–Trinajstić information content (AvgIpc) is 3.13. The molecule has 0 bridgehead atoms. The van der Waals surface area contributed by atoms with E-state index in [4.69, 9.17) is 9.47 Å². The van der Waals surface area contributed by atoms with E-state index >= 15 is 0 Å². The molecule has 0 saturated heterocycles. The first-order chi connectivity index (χ1) is 10.8. The quantitative estimate of drug-likeness (QED) is 0.740. The van der Waals surface area contributed by atoms with Crippen LogP contribution in [-0.4, -0.2) is 26.4 Å². The second-order valence-corrected chi connectivity index (χ2v) is 6.21. The van der Waals surface area contributed by atoms with Gasteiger partial charge in [-0.1, -0.05) is 36.8 Å². The average molecular weight is 316 g/mol. The van der Waals surface area contributed by atoms with E-state index in [2.05, 4.69) is 22.2 Å². The first-order valence-corrected chi connectivity index (χ1v) is 8.26. The van der Waals surface area contributed by atoms with E-state index in [0.29, 0.717) is 6.61 Å². The summed E-state index contributed by atoms with van der Waals surface area (Å²) in [4.78, 5) is 0.809. The van der Waals surface area contributed by atoms with Gasteiger partial charge < -0.3 is 9.47 Å². The van der Waals surface area contributed by atoms with Crippen molar-refractivity contribution in [3.05, 3.63) is 35.1 Å². The predicted octanol–water partition coefficient (Wildman–Crippen LogP) is 3.04. The Hall–Kier alpha value is -2.15. The fraction of sp³-hybridized carbons (Fsp3) is 0.400. The molecule has 1 aliphatic rings. The van der Waals surface area contributed by atoms with Crippen LogP contribution < -0.4 is 9.47 Å². The van der Waals surface area contributed by atoms with Gasteiger partial charge in [-0.15, -0.1) is 10.2 Å². The second kappa shape index (κ2) is 5.57. The minimum absolute atomic E-state index is 0.194. The summed E-state index contributed by atoms with van der Waals surface area (Å²) in [5, 5.41) is 13.9. The third-order valence-electron chi connectivity index (χ3n) is 3.61. The van der Waals surface area contributed by atoms with Crippen LogP contribution in [0.3, 0.4) is 0 Å². The number of nitrogens with zero attached hydrogens (tertiary/aromatic N) is 4. The molecule has 0 saturated carbocycles. The van der Waals surface area contributed by atoms with Crippen molar-refractivity contribution >= 4 is 16.3 Å². The van der Waals surface area contributed by atoms with Crippen molar-refractivity contribution in [3.8, 4) is 11.5 Å². The minimum atomic E-state index is -0.194. The molecule has 0 N–H and O–H groups in total. The van der Waals surface area contributed by atoms with Gasteiger partial charge in [0.1, 0.15) is 6.61 Å². The van der Waals surface area contributed by atoms with E-state index in [1.807, 2.05) is 28.8 Å². The molecular weight excluding hydrogens is 300 g/mol. The van der Waals surface area contributed by atoms with E-state index in [9.17, 15) is 0 Å². The number of unbranched alkanes of at least 4 members (excludes halogenated alkanes) is 1. The maximum Gasteiger partial charge on any atom is 0.234 e. The Kier molecular flexibility index (Phi) is 3.42. The second-order valence-electron chi connectivity index (χ2n) is 5.22. The van der Waals surface area contributed by atoms with E-state index in [-0.39, 0.29) is 6.10 Å². The van der Waals surface area contributed by atoms with Gasteiger partial charge in [0.2, 0.25) is 4.96 Å². The molecule has 22 heavy (non-hydrogen) atoms. The molecule has 2 aromatic heterocycles. The molecule has 1 aliphatic heterocycles. The SMILES string of the molecule is CCCCc1nnc2sc([C@H]3COc4ccccc4O3)nn12. The lowest BCUT2D eigenvalue weighted by Gasteiger charge is -2.24. The number of benzene rings is 1. The van der Waals surface area contributed by atoms with Crippen molar-refractivity contribution in [1.29, 1.82) is 0 Å². The monoisotopic (exact) mass is 316 g/mol. The smallest absolute Gasteiger partial charge is 0.234 e. The van der Waals surface area contributed by atoms with Gasteiger partial charge in [-0.25, -0.2) is 0 Å². The zero-order valence-corrected chi connectivity index (χ0v) is 13.0. The number of aromatic nitrogens is 4. The molecule has 0 aliphatic carbocycles. The van der Waals surface area contributed by atoms with Crippen molar-refractivity contribution in [1.82, 2.24) is 19.8 Å². The molecule has 3 aromatic rings. The Bertz CT molecular complexity index is 798. The zero-order chi connectivity index (χ0) is 14.9. The molecule has 0 radical (unpaired) electrons. The summed E-state index contributed by atoms with van der Waals surface area (Å²) < 4.78 is 13.6. The Balaban J connectivity index is 1.61. The highest BCUT2D eigenvalue weighted by Gasteiger charge is 2.26. The number of hydrogen-bond acceptors (Lipinski definition) is 6. The van der Waals surface area contributed by atoms with E-state index in [1.165, 1.54) is 11.3 Å². The van der Waals surface area contributed by atoms with Gasteiger partial charge in [0.05, 0.1) is 0 Å². The molecule has 0 unspecified atom stereocenters. The number of rotatable bonds is 4. The Morgan fingerprint density at radius 3 is 3.00 bits per heavy atom. The summed E-state index contributed by atoms with van der Waals surface area (Å²) in [7, 11) is 0. The first-order valence-electron chi connectivity index (χ1n) is 7.44. The summed E-state index contributed by atoms with van der Waals surface area (Å²) in [5.74, 6) is 2.46. The first kappa shape index (κ1) is 13.5. The largest absolute Gasteiger partial charge is 0.485 e. The van der Waals surface area contributed by atoms with Crippen LogP contribution >= 0.6 is 11.3 Å². The lowest BCUT2D eigenvalue weighted by atomic mass is 10.2. The molecule has 114 valence electrons. The maximum atomic E-state index is 6.00. The van der Waals surface area contributed by atoms with Crippen molar-refractivity contribution in [3.63, 3.8) is 0 Å².